The average molecular weight is 345 g/mol. The number of benzene rings is 1. The van der Waals surface area contributed by atoms with Crippen LogP contribution in [0.4, 0.5) is 0 Å². The van der Waals surface area contributed by atoms with E-state index in [9.17, 15) is 9.90 Å². The van der Waals surface area contributed by atoms with Gasteiger partial charge in [-0.3, -0.25) is 14.6 Å². The van der Waals surface area contributed by atoms with Crippen molar-refractivity contribution in [2.24, 2.45) is 0 Å². The van der Waals surface area contributed by atoms with Gasteiger partial charge < -0.3 is 14.7 Å². The highest BCUT2D eigenvalue weighted by molar-refractivity contribution is 5.82. The molecule has 0 unspecified atom stereocenters. The summed E-state index contributed by atoms with van der Waals surface area (Å²) in [5, 5.41) is 10.2. The molecule has 0 radical (unpaired) electrons. The van der Waals surface area contributed by atoms with Gasteiger partial charge in [-0.2, -0.15) is 0 Å². The van der Waals surface area contributed by atoms with Gasteiger partial charge in [0.05, 0.1) is 7.11 Å². The normalized spacial score (nSPS) is 21.9. The zero-order valence-electron chi connectivity index (χ0n) is 15.1. The highest BCUT2D eigenvalue weighted by Crippen LogP contribution is 2.32. The van der Waals surface area contributed by atoms with E-state index in [1.807, 2.05) is 24.1 Å². The minimum Gasteiger partial charge on any atom is -0.504 e. The van der Waals surface area contributed by atoms with Gasteiger partial charge >= 0.3 is 0 Å². The maximum Gasteiger partial charge on any atom is 0.241 e. The molecule has 3 rings (SSSR count). The largest absolute Gasteiger partial charge is 0.504 e. The first-order valence-electron chi connectivity index (χ1n) is 8.74. The predicted molar refractivity (Wildman–Crippen MR) is 96.8 cm³/mol. The summed E-state index contributed by atoms with van der Waals surface area (Å²) in [7, 11) is 3.44. The molecule has 1 aromatic carbocycles. The molecule has 6 heteroatoms. The molecule has 1 aromatic rings. The first-order chi connectivity index (χ1) is 12.0. The van der Waals surface area contributed by atoms with Crippen LogP contribution in [0, 0.1) is 0 Å². The van der Waals surface area contributed by atoms with Crippen molar-refractivity contribution in [2.75, 3.05) is 46.9 Å². The number of hydrogen-bond acceptors (Lipinski definition) is 5. The zero-order valence-corrected chi connectivity index (χ0v) is 15.1. The number of methoxy groups -OCH3 is 1. The molecule has 0 aliphatic carbocycles. The molecule has 1 atom stereocenters. The van der Waals surface area contributed by atoms with E-state index < -0.39 is 0 Å². The van der Waals surface area contributed by atoms with Crippen LogP contribution >= 0.6 is 0 Å². The monoisotopic (exact) mass is 345 g/mol. The second-order valence-electron chi connectivity index (χ2n) is 6.85. The molecule has 136 valence electrons. The lowest BCUT2D eigenvalue weighted by molar-refractivity contribution is -0.143. The van der Waals surface area contributed by atoms with E-state index in [1.54, 1.807) is 13.2 Å². The van der Waals surface area contributed by atoms with Crippen LogP contribution in [0.5, 0.6) is 11.5 Å². The van der Waals surface area contributed by atoms with Crippen LogP contribution < -0.4 is 4.74 Å². The molecule has 2 saturated heterocycles. The molecule has 2 heterocycles. The Balaban J connectivity index is 1.75. The van der Waals surface area contributed by atoms with Gasteiger partial charge in [0.1, 0.15) is 6.04 Å². The molecule has 2 aliphatic heterocycles. The second kappa shape index (κ2) is 7.45. The van der Waals surface area contributed by atoms with E-state index in [4.69, 9.17) is 4.74 Å². The molecular formula is C19H27N3O3. The van der Waals surface area contributed by atoms with Gasteiger partial charge in [-0.05, 0) is 18.1 Å². The number of ether oxygens (including phenoxy) is 1. The molecule has 2 fully saturated rings. The number of piperazine rings is 2. The summed E-state index contributed by atoms with van der Waals surface area (Å²) in [5.41, 5.74) is 1.90. The van der Waals surface area contributed by atoms with Crippen molar-refractivity contribution in [3.05, 3.63) is 35.9 Å². The minimum absolute atomic E-state index is 0.0424. The Morgan fingerprint density at radius 2 is 2.08 bits per heavy atom. The number of fused-ring (bicyclic) bond motifs is 1. The number of amides is 1. The van der Waals surface area contributed by atoms with E-state index in [0.29, 0.717) is 12.2 Å². The number of phenols is 1. The Morgan fingerprint density at radius 3 is 2.80 bits per heavy atom. The number of phenolic OH excluding ortho intramolecular Hbond substituents is 1. The second-order valence-corrected chi connectivity index (χ2v) is 6.85. The molecular weight excluding hydrogens is 318 g/mol. The molecule has 0 spiro atoms. The lowest BCUT2D eigenvalue weighted by Gasteiger charge is -2.45. The average Bonchev–Trinajstić information content (AvgIpc) is 2.61. The Labute approximate surface area is 149 Å². The first kappa shape index (κ1) is 17.8. The molecule has 25 heavy (non-hydrogen) atoms. The maximum absolute atomic E-state index is 12.4. The summed E-state index contributed by atoms with van der Waals surface area (Å²) >= 11 is 0. The molecule has 0 saturated carbocycles. The first-order valence-corrected chi connectivity index (χ1v) is 8.74. The van der Waals surface area contributed by atoms with Crippen molar-refractivity contribution in [2.45, 2.75) is 19.0 Å². The molecule has 0 aromatic heterocycles. The van der Waals surface area contributed by atoms with Crippen LogP contribution in [0.15, 0.2) is 24.8 Å². The molecule has 1 N–H and O–H groups in total. The summed E-state index contributed by atoms with van der Waals surface area (Å²) in [6.07, 6.45) is 2.36. The number of aromatic hydroxyl groups is 1. The Hall–Kier alpha value is -2.05. The van der Waals surface area contributed by atoms with Crippen LogP contribution in [0.2, 0.25) is 0 Å². The molecule has 0 bridgehead atoms. The van der Waals surface area contributed by atoms with Gasteiger partial charge in [0, 0.05) is 51.9 Å². The molecule has 2 aliphatic rings. The third kappa shape index (κ3) is 3.65. The van der Waals surface area contributed by atoms with Crippen LogP contribution in [-0.2, 0) is 17.8 Å². The smallest absolute Gasteiger partial charge is 0.241 e. The lowest BCUT2D eigenvalue weighted by Crippen LogP contribution is -2.63. The van der Waals surface area contributed by atoms with Gasteiger partial charge in [-0.1, -0.05) is 12.1 Å². The van der Waals surface area contributed by atoms with Crippen LogP contribution in [0.1, 0.15) is 11.1 Å². The summed E-state index contributed by atoms with van der Waals surface area (Å²) in [6.45, 7) is 8.85. The van der Waals surface area contributed by atoms with Gasteiger partial charge in [-0.15, -0.1) is 6.58 Å². The van der Waals surface area contributed by atoms with Crippen molar-refractivity contribution >= 4 is 5.91 Å². The van der Waals surface area contributed by atoms with E-state index in [0.717, 1.165) is 50.4 Å². The minimum atomic E-state index is -0.0424. The van der Waals surface area contributed by atoms with Gasteiger partial charge in [0.25, 0.3) is 0 Å². The third-order valence-electron chi connectivity index (χ3n) is 5.16. The predicted octanol–water partition coefficient (Wildman–Crippen LogP) is 1.09. The maximum atomic E-state index is 12.4. The standard InChI is InChI=1S/C19H27N3O3/c1-4-5-15-10-14(11-17(25-3)18(15)23)12-21-7-9-22-8-6-20(2)19(24)16(22)13-21/h4,10-11,16,23H,1,5-9,12-13H2,2-3H3/t16-/m1/s1. The van der Waals surface area contributed by atoms with Crippen molar-refractivity contribution in [3.8, 4) is 11.5 Å². The SMILES string of the molecule is C=CCc1cc(CN2CCN3CCN(C)C(=O)[C@H]3C2)cc(OC)c1O. The van der Waals surface area contributed by atoms with Crippen molar-refractivity contribution in [1.82, 2.24) is 14.7 Å². The number of rotatable bonds is 5. The lowest BCUT2D eigenvalue weighted by atomic mass is 10.0. The third-order valence-corrected chi connectivity index (χ3v) is 5.16. The van der Waals surface area contributed by atoms with E-state index >= 15 is 0 Å². The van der Waals surface area contributed by atoms with Gasteiger partial charge in [0.2, 0.25) is 5.91 Å². The zero-order chi connectivity index (χ0) is 18.0. The van der Waals surface area contributed by atoms with Crippen molar-refractivity contribution < 1.29 is 14.6 Å². The summed E-state index contributed by atoms with van der Waals surface area (Å²) in [6, 6.07) is 3.84. The Kier molecular flexibility index (Phi) is 5.30. The highest BCUT2D eigenvalue weighted by atomic mass is 16.5. The summed E-state index contributed by atoms with van der Waals surface area (Å²) in [4.78, 5) is 18.9. The fourth-order valence-electron chi connectivity index (χ4n) is 3.71. The fourth-order valence-corrected chi connectivity index (χ4v) is 3.71. The Bertz CT molecular complexity index is 662. The van der Waals surface area contributed by atoms with Gasteiger partial charge in [-0.25, -0.2) is 0 Å². The van der Waals surface area contributed by atoms with Crippen molar-refractivity contribution in [1.29, 1.82) is 0 Å². The molecule has 6 nitrogen and oxygen atoms in total. The number of allylic oxidation sites excluding steroid dienone is 1. The van der Waals surface area contributed by atoms with E-state index in [-0.39, 0.29) is 17.7 Å². The number of carbonyl (C=O) groups excluding carboxylic acids is 1. The molecule has 1 amide bonds. The topological polar surface area (TPSA) is 56.2 Å². The number of carbonyl (C=O) groups is 1. The Morgan fingerprint density at radius 1 is 1.32 bits per heavy atom. The number of likely N-dealkylation sites (N-methyl/N-ethyl adjacent to an activating group) is 1. The van der Waals surface area contributed by atoms with E-state index in [2.05, 4.69) is 16.4 Å². The number of hydrogen-bond donors (Lipinski definition) is 1. The summed E-state index contributed by atoms with van der Waals surface area (Å²) < 4.78 is 5.31. The van der Waals surface area contributed by atoms with Crippen molar-refractivity contribution in [3.63, 3.8) is 0 Å². The van der Waals surface area contributed by atoms with Crippen LogP contribution in [0.25, 0.3) is 0 Å². The summed E-state index contributed by atoms with van der Waals surface area (Å²) in [5.74, 6) is 0.882. The van der Waals surface area contributed by atoms with Crippen LogP contribution in [-0.4, -0.2) is 78.6 Å². The highest BCUT2D eigenvalue weighted by Gasteiger charge is 2.37. The fraction of sp³-hybridized carbons (Fsp3) is 0.526. The number of nitrogens with zero attached hydrogens (tertiary/aromatic N) is 3. The van der Waals surface area contributed by atoms with E-state index in [1.165, 1.54) is 0 Å². The van der Waals surface area contributed by atoms with Crippen LogP contribution in [0.3, 0.4) is 0 Å². The quantitative estimate of drug-likeness (QED) is 0.810. The van der Waals surface area contributed by atoms with Gasteiger partial charge in [0.15, 0.2) is 11.5 Å².